The highest BCUT2D eigenvalue weighted by Crippen LogP contribution is 2.39. The summed E-state index contributed by atoms with van der Waals surface area (Å²) in [6.45, 7) is 0. The second-order valence-electron chi connectivity index (χ2n) is 7.42. The van der Waals surface area contributed by atoms with Crippen molar-refractivity contribution >= 4 is 29.6 Å². The molecule has 1 saturated heterocycles. The number of benzene rings is 2. The lowest BCUT2D eigenvalue weighted by Crippen LogP contribution is -2.65. The number of nitrogens with zero attached hydrogens (tertiary/aromatic N) is 1. The molecule has 0 bridgehead atoms. The summed E-state index contributed by atoms with van der Waals surface area (Å²) in [5, 5.41) is 12.4. The molecule has 1 unspecified atom stereocenters. The van der Waals surface area contributed by atoms with Gasteiger partial charge < -0.3 is 9.84 Å². The molecule has 2 aromatic rings. The van der Waals surface area contributed by atoms with E-state index in [1.54, 1.807) is 12.1 Å². The molecule has 31 heavy (non-hydrogen) atoms. The van der Waals surface area contributed by atoms with Gasteiger partial charge in [0, 0.05) is 12.8 Å². The van der Waals surface area contributed by atoms with E-state index >= 15 is 0 Å². The molecular weight excluding hydrogens is 404 g/mol. The first-order valence-electron chi connectivity index (χ1n) is 9.51. The Labute approximate surface area is 176 Å². The van der Waals surface area contributed by atoms with E-state index in [9.17, 15) is 29.1 Å². The number of aromatic hydroxyl groups is 1. The largest absolute Gasteiger partial charge is 0.507 e. The first-order chi connectivity index (χ1) is 14.8. The fraction of sp³-hybridized carbons (Fsp3) is 0.227. The Bertz CT molecular complexity index is 1140. The number of piperidine rings is 1. The third-order valence-electron chi connectivity index (χ3n) is 5.63. The predicted octanol–water partition coefficient (Wildman–Crippen LogP) is 1.19. The van der Waals surface area contributed by atoms with Gasteiger partial charge in [-0.05, 0) is 36.2 Å². The topological polar surface area (TPSA) is 130 Å². The van der Waals surface area contributed by atoms with Gasteiger partial charge in [-0.2, -0.15) is 0 Å². The Balaban J connectivity index is 1.77. The lowest BCUT2D eigenvalue weighted by molar-refractivity contribution is -0.141. The Morgan fingerprint density at radius 3 is 2.42 bits per heavy atom. The minimum Gasteiger partial charge on any atom is -0.507 e. The monoisotopic (exact) mass is 422 g/mol. The van der Waals surface area contributed by atoms with Gasteiger partial charge in [0.25, 0.3) is 17.7 Å². The van der Waals surface area contributed by atoms with Crippen LogP contribution < -0.4 is 5.32 Å². The summed E-state index contributed by atoms with van der Waals surface area (Å²) >= 11 is 0. The van der Waals surface area contributed by atoms with Crippen LogP contribution in [0.15, 0.2) is 42.5 Å². The van der Waals surface area contributed by atoms with E-state index in [-0.39, 0.29) is 36.1 Å². The number of hydrogen-bond donors (Lipinski definition) is 2. The van der Waals surface area contributed by atoms with Crippen LogP contribution in [0.5, 0.6) is 5.75 Å². The van der Waals surface area contributed by atoms with Crippen molar-refractivity contribution in [3.05, 3.63) is 64.7 Å². The maximum absolute atomic E-state index is 13.2. The number of carbonyl (C=O) groups excluding carboxylic acids is 5. The Kier molecular flexibility index (Phi) is 4.81. The van der Waals surface area contributed by atoms with Gasteiger partial charge in [0.15, 0.2) is 0 Å². The molecular formula is C22H18N2O7. The van der Waals surface area contributed by atoms with Crippen molar-refractivity contribution in [1.82, 2.24) is 10.2 Å². The van der Waals surface area contributed by atoms with Crippen LogP contribution in [0.2, 0.25) is 0 Å². The van der Waals surface area contributed by atoms with Crippen LogP contribution in [0, 0.1) is 0 Å². The van der Waals surface area contributed by atoms with Gasteiger partial charge in [-0.3, -0.25) is 29.4 Å². The summed E-state index contributed by atoms with van der Waals surface area (Å²) in [6.07, 6.45) is -0.201. The van der Waals surface area contributed by atoms with Crippen LogP contribution in [0.1, 0.15) is 49.5 Å². The minimum absolute atomic E-state index is 0.00452. The summed E-state index contributed by atoms with van der Waals surface area (Å²) in [7, 11) is 1.26. The van der Waals surface area contributed by atoms with Crippen molar-refractivity contribution in [2.45, 2.75) is 24.8 Å². The number of phenols is 1. The van der Waals surface area contributed by atoms with Gasteiger partial charge in [-0.1, -0.05) is 18.2 Å². The zero-order chi connectivity index (χ0) is 22.3. The number of hydrogen-bond acceptors (Lipinski definition) is 7. The molecule has 1 fully saturated rings. The molecule has 4 rings (SSSR count). The summed E-state index contributed by atoms with van der Waals surface area (Å²) in [6, 6.07) is 10.3. The lowest BCUT2D eigenvalue weighted by atomic mass is 9.81. The smallest absolute Gasteiger partial charge is 0.337 e. The highest BCUT2D eigenvalue weighted by atomic mass is 16.5. The first-order valence-corrected chi connectivity index (χ1v) is 9.51. The quantitative estimate of drug-likeness (QED) is 0.559. The van der Waals surface area contributed by atoms with Gasteiger partial charge in [0.2, 0.25) is 5.91 Å². The SMILES string of the molecule is COC(=O)c1ccc(CC2(N3C(=O)c4cccc(O)c4C3=O)CCC(=O)NC2=O)cc1. The highest BCUT2D eigenvalue weighted by molar-refractivity contribution is 6.25. The summed E-state index contributed by atoms with van der Waals surface area (Å²) in [5.41, 5.74) is -0.972. The number of amides is 4. The molecule has 158 valence electrons. The van der Waals surface area contributed by atoms with Crippen LogP contribution in [-0.4, -0.2) is 52.3 Å². The molecule has 0 aliphatic carbocycles. The Hall–Kier alpha value is -4.01. The molecule has 9 nitrogen and oxygen atoms in total. The van der Waals surface area contributed by atoms with Crippen LogP contribution in [0.25, 0.3) is 0 Å². The van der Waals surface area contributed by atoms with Gasteiger partial charge in [0.1, 0.15) is 11.3 Å². The van der Waals surface area contributed by atoms with E-state index in [0.717, 1.165) is 4.90 Å². The average molecular weight is 422 g/mol. The number of esters is 1. The molecule has 2 N–H and O–H groups in total. The van der Waals surface area contributed by atoms with E-state index in [2.05, 4.69) is 10.1 Å². The Morgan fingerprint density at radius 2 is 1.81 bits per heavy atom. The van der Waals surface area contributed by atoms with Gasteiger partial charge in [-0.25, -0.2) is 4.79 Å². The van der Waals surface area contributed by atoms with Crippen molar-refractivity contribution in [3.63, 3.8) is 0 Å². The zero-order valence-electron chi connectivity index (χ0n) is 16.5. The molecule has 2 aliphatic heterocycles. The number of carbonyl (C=O) groups is 5. The van der Waals surface area contributed by atoms with E-state index < -0.39 is 35.1 Å². The Morgan fingerprint density at radius 1 is 1.10 bits per heavy atom. The average Bonchev–Trinajstić information content (AvgIpc) is 3.02. The summed E-state index contributed by atoms with van der Waals surface area (Å²) < 4.78 is 4.67. The van der Waals surface area contributed by atoms with Crippen LogP contribution in [-0.2, 0) is 20.7 Å². The minimum atomic E-state index is -1.67. The fourth-order valence-corrected chi connectivity index (χ4v) is 4.07. The van der Waals surface area contributed by atoms with Crippen LogP contribution in [0.4, 0.5) is 0 Å². The van der Waals surface area contributed by atoms with E-state index in [1.807, 2.05) is 0 Å². The molecule has 1 atom stereocenters. The summed E-state index contributed by atoms with van der Waals surface area (Å²) in [5.74, 6) is -3.67. The van der Waals surface area contributed by atoms with Crippen LogP contribution >= 0.6 is 0 Å². The van der Waals surface area contributed by atoms with Crippen molar-refractivity contribution in [1.29, 1.82) is 0 Å². The van der Waals surface area contributed by atoms with Crippen molar-refractivity contribution in [2.24, 2.45) is 0 Å². The zero-order valence-corrected chi connectivity index (χ0v) is 16.5. The second kappa shape index (κ2) is 7.35. The molecule has 2 heterocycles. The molecule has 9 heteroatoms. The first kappa shape index (κ1) is 20.3. The standard InChI is InChI=1S/C22H18N2O7/c1-31-20(29)13-7-5-12(6-8-13)11-22(10-9-16(26)23-21(22)30)24-18(27)14-3-2-4-15(25)17(14)19(24)28/h2-8,25H,9-11H2,1H3,(H,23,26,30). The molecule has 2 aliphatic rings. The van der Waals surface area contributed by atoms with Crippen molar-refractivity contribution in [3.8, 4) is 5.75 Å². The molecule has 0 aromatic heterocycles. The number of nitrogens with one attached hydrogen (secondary N) is 1. The van der Waals surface area contributed by atoms with Crippen LogP contribution in [0.3, 0.4) is 0 Å². The number of fused-ring (bicyclic) bond motifs is 1. The number of rotatable bonds is 4. The van der Waals surface area contributed by atoms with Gasteiger partial charge >= 0.3 is 5.97 Å². The molecule has 0 spiro atoms. The fourth-order valence-electron chi connectivity index (χ4n) is 4.07. The van der Waals surface area contributed by atoms with E-state index in [0.29, 0.717) is 11.1 Å². The maximum atomic E-state index is 13.2. The second-order valence-corrected chi connectivity index (χ2v) is 7.42. The molecule has 4 amide bonds. The van der Waals surface area contributed by atoms with Crippen molar-refractivity contribution < 1.29 is 33.8 Å². The molecule has 0 saturated carbocycles. The number of imide groups is 2. The predicted molar refractivity (Wildman–Crippen MR) is 105 cm³/mol. The molecule has 0 radical (unpaired) electrons. The maximum Gasteiger partial charge on any atom is 0.337 e. The number of methoxy groups -OCH3 is 1. The number of phenolic OH excluding ortho intramolecular Hbond substituents is 1. The normalized spacial score (nSPS) is 20.5. The molecule has 2 aromatic carbocycles. The van der Waals surface area contributed by atoms with E-state index in [4.69, 9.17) is 0 Å². The third kappa shape index (κ3) is 3.14. The summed E-state index contributed by atoms with van der Waals surface area (Å²) in [4.78, 5) is 63.7. The van der Waals surface area contributed by atoms with E-state index in [1.165, 1.54) is 37.4 Å². The third-order valence-corrected chi connectivity index (χ3v) is 5.63. The van der Waals surface area contributed by atoms with Gasteiger partial charge in [0.05, 0.1) is 23.8 Å². The number of ether oxygens (including phenoxy) is 1. The highest BCUT2D eigenvalue weighted by Gasteiger charge is 2.56. The lowest BCUT2D eigenvalue weighted by Gasteiger charge is -2.41. The van der Waals surface area contributed by atoms with Gasteiger partial charge in [-0.15, -0.1) is 0 Å². The van der Waals surface area contributed by atoms with Crippen molar-refractivity contribution in [2.75, 3.05) is 7.11 Å².